The lowest BCUT2D eigenvalue weighted by Crippen LogP contribution is -2.40. The highest BCUT2D eigenvalue weighted by Gasteiger charge is 2.22. The Labute approximate surface area is 80.7 Å². The van der Waals surface area contributed by atoms with Crippen molar-refractivity contribution in [3.8, 4) is 0 Å². The zero-order valence-corrected chi connectivity index (χ0v) is 7.95. The molecule has 11 heavy (non-hydrogen) atoms. The predicted molar refractivity (Wildman–Crippen MR) is 46.6 cm³/mol. The summed E-state index contributed by atoms with van der Waals surface area (Å²) in [6.45, 7) is -0.688. The molecule has 0 radical (unpaired) electrons. The molecule has 0 saturated carbocycles. The first-order valence-electron chi connectivity index (χ1n) is 2.73. The van der Waals surface area contributed by atoms with Crippen LogP contribution in [0.15, 0.2) is 0 Å². The molecule has 68 valence electrons. The van der Waals surface area contributed by atoms with Gasteiger partial charge in [-0.2, -0.15) is 0 Å². The van der Waals surface area contributed by atoms with Gasteiger partial charge in [0.1, 0.15) is 18.3 Å². The van der Waals surface area contributed by atoms with Crippen LogP contribution in [0.3, 0.4) is 0 Å². The zero-order chi connectivity index (χ0) is 8.15. The monoisotopic (exact) mass is 278 g/mol. The third kappa shape index (κ3) is 4.64. The molecule has 0 aromatic rings. The third-order valence-electron chi connectivity index (χ3n) is 1.07. The lowest BCUT2D eigenvalue weighted by atomic mass is 10.1. The maximum absolute atomic E-state index is 9.76. The van der Waals surface area contributed by atoms with Crippen LogP contribution in [0.2, 0.25) is 0 Å². The molecule has 0 aliphatic heterocycles. The molecule has 0 bridgehead atoms. The van der Waals surface area contributed by atoms with Crippen molar-refractivity contribution in [2.75, 3.05) is 6.61 Å². The zero-order valence-electron chi connectivity index (χ0n) is 5.62. The number of halogens is 1. The minimum absolute atomic E-state index is 0. The quantitative estimate of drug-likeness (QED) is 0.348. The molecule has 0 saturated heterocycles. The average Bonchev–Trinajstić information content (AvgIpc) is 2.00. The summed E-state index contributed by atoms with van der Waals surface area (Å²) >= 11 is 0. The van der Waals surface area contributed by atoms with Crippen molar-refractivity contribution in [3.63, 3.8) is 0 Å². The highest BCUT2D eigenvalue weighted by Crippen LogP contribution is 1.96. The SMILES string of the molecule is I.O=C[C@@H](O)[C@H](O)[C@@H](O)CO. The largest absolute Gasteiger partial charge is 0.394 e. The second kappa shape index (κ2) is 6.92. The van der Waals surface area contributed by atoms with Crippen LogP contribution in [0.25, 0.3) is 0 Å². The van der Waals surface area contributed by atoms with E-state index < -0.39 is 24.9 Å². The van der Waals surface area contributed by atoms with Crippen LogP contribution in [0.5, 0.6) is 0 Å². The normalized spacial score (nSPS) is 17.8. The molecule has 0 heterocycles. The van der Waals surface area contributed by atoms with Crippen LogP contribution in [0, 0.1) is 0 Å². The van der Waals surface area contributed by atoms with Crippen LogP contribution in [-0.2, 0) is 4.79 Å². The number of aliphatic hydroxyl groups is 4. The van der Waals surface area contributed by atoms with E-state index in [9.17, 15) is 4.79 Å². The van der Waals surface area contributed by atoms with E-state index in [0.29, 0.717) is 0 Å². The molecule has 5 nitrogen and oxygen atoms in total. The van der Waals surface area contributed by atoms with E-state index in [1.165, 1.54) is 0 Å². The van der Waals surface area contributed by atoms with Crippen LogP contribution in [0.4, 0.5) is 0 Å². The van der Waals surface area contributed by atoms with Gasteiger partial charge in [0.2, 0.25) is 0 Å². The van der Waals surface area contributed by atoms with Gasteiger partial charge in [-0.1, -0.05) is 0 Å². The highest BCUT2D eigenvalue weighted by atomic mass is 127. The highest BCUT2D eigenvalue weighted by molar-refractivity contribution is 14.0. The molecule has 0 fully saturated rings. The fourth-order valence-electron chi connectivity index (χ4n) is 0.416. The van der Waals surface area contributed by atoms with Crippen molar-refractivity contribution in [2.45, 2.75) is 18.3 Å². The molecule has 0 amide bonds. The minimum atomic E-state index is -1.64. The van der Waals surface area contributed by atoms with Crippen LogP contribution in [0.1, 0.15) is 0 Å². The van der Waals surface area contributed by atoms with E-state index in [1.807, 2.05) is 0 Å². The molecule has 0 spiro atoms. The molecule has 4 N–H and O–H groups in total. The first-order valence-corrected chi connectivity index (χ1v) is 2.73. The Morgan fingerprint density at radius 3 is 2.00 bits per heavy atom. The van der Waals surface area contributed by atoms with Crippen LogP contribution >= 0.6 is 24.0 Å². The number of hydrogen-bond acceptors (Lipinski definition) is 5. The van der Waals surface area contributed by atoms with Crippen molar-refractivity contribution in [2.24, 2.45) is 0 Å². The van der Waals surface area contributed by atoms with Crippen molar-refractivity contribution >= 4 is 30.3 Å². The maximum atomic E-state index is 9.76. The Balaban J connectivity index is 0. The number of hydrogen-bond donors (Lipinski definition) is 4. The Hall–Kier alpha value is 0.240. The molecule has 0 aliphatic carbocycles. The first-order chi connectivity index (χ1) is 4.63. The van der Waals surface area contributed by atoms with Gasteiger partial charge in [0.25, 0.3) is 0 Å². The Kier molecular flexibility index (Phi) is 8.68. The summed E-state index contributed by atoms with van der Waals surface area (Å²) in [5.74, 6) is 0. The molecule has 0 rings (SSSR count). The number of carbonyl (C=O) groups is 1. The summed E-state index contributed by atoms with van der Waals surface area (Å²) in [5, 5.41) is 34.1. The van der Waals surface area contributed by atoms with Crippen LogP contribution < -0.4 is 0 Å². The summed E-state index contributed by atoms with van der Waals surface area (Å²) in [6.07, 6.45) is -4.63. The van der Waals surface area contributed by atoms with Gasteiger partial charge in [-0.3, -0.25) is 0 Å². The summed E-state index contributed by atoms with van der Waals surface area (Å²) in [5.41, 5.74) is 0. The number of aliphatic hydroxyl groups excluding tert-OH is 4. The van der Waals surface area contributed by atoms with Gasteiger partial charge >= 0.3 is 0 Å². The summed E-state index contributed by atoms with van der Waals surface area (Å²) in [4.78, 5) is 9.76. The van der Waals surface area contributed by atoms with E-state index in [4.69, 9.17) is 20.4 Å². The summed E-state index contributed by atoms with van der Waals surface area (Å²) < 4.78 is 0. The second-order valence-corrected chi connectivity index (χ2v) is 1.87. The number of carbonyl (C=O) groups excluding carboxylic acids is 1. The van der Waals surface area contributed by atoms with Crippen molar-refractivity contribution in [1.82, 2.24) is 0 Å². The summed E-state index contributed by atoms with van der Waals surface area (Å²) in [7, 11) is 0. The van der Waals surface area contributed by atoms with E-state index in [2.05, 4.69) is 0 Å². The summed E-state index contributed by atoms with van der Waals surface area (Å²) in [6, 6.07) is 0. The van der Waals surface area contributed by atoms with Gasteiger partial charge in [-0.15, -0.1) is 24.0 Å². The second-order valence-electron chi connectivity index (χ2n) is 1.87. The average molecular weight is 278 g/mol. The predicted octanol–water partition coefficient (Wildman–Crippen LogP) is -2.12. The van der Waals surface area contributed by atoms with Crippen molar-refractivity contribution in [3.05, 3.63) is 0 Å². The molecule has 6 heteroatoms. The lowest BCUT2D eigenvalue weighted by molar-refractivity contribution is -0.127. The Morgan fingerprint density at radius 2 is 1.73 bits per heavy atom. The van der Waals surface area contributed by atoms with Crippen molar-refractivity contribution < 1.29 is 25.2 Å². The standard InChI is InChI=1S/C5H10O5.HI/c6-1-3(8)5(10)4(9)2-7;/h1,3-5,7-10H,2H2;1H/t3-,4+,5+;/m1./s1. The molecule has 0 aliphatic rings. The van der Waals surface area contributed by atoms with Gasteiger partial charge in [-0.05, 0) is 0 Å². The minimum Gasteiger partial charge on any atom is -0.394 e. The third-order valence-corrected chi connectivity index (χ3v) is 1.07. The van der Waals surface area contributed by atoms with E-state index in [1.54, 1.807) is 0 Å². The Morgan fingerprint density at radius 1 is 1.27 bits per heavy atom. The van der Waals surface area contributed by atoms with E-state index >= 15 is 0 Å². The van der Waals surface area contributed by atoms with E-state index in [-0.39, 0.29) is 30.3 Å². The lowest BCUT2D eigenvalue weighted by Gasteiger charge is -2.16. The Bertz CT molecular complexity index is 109. The fraction of sp³-hybridized carbons (Fsp3) is 0.800. The van der Waals surface area contributed by atoms with Gasteiger partial charge in [0.05, 0.1) is 6.61 Å². The molecule has 0 aromatic heterocycles. The molecular formula is C5H11IO5. The van der Waals surface area contributed by atoms with Gasteiger partial charge in [-0.25, -0.2) is 0 Å². The maximum Gasteiger partial charge on any atom is 0.151 e. The van der Waals surface area contributed by atoms with Gasteiger partial charge in [0, 0.05) is 0 Å². The van der Waals surface area contributed by atoms with Gasteiger partial charge in [0.15, 0.2) is 6.29 Å². The van der Waals surface area contributed by atoms with Crippen LogP contribution in [-0.4, -0.2) is 51.6 Å². The van der Waals surface area contributed by atoms with E-state index in [0.717, 1.165) is 0 Å². The smallest absolute Gasteiger partial charge is 0.151 e. The fourth-order valence-corrected chi connectivity index (χ4v) is 0.416. The first kappa shape index (κ1) is 13.8. The molecule has 0 unspecified atom stereocenters. The number of aldehydes is 1. The van der Waals surface area contributed by atoms with Crippen molar-refractivity contribution in [1.29, 1.82) is 0 Å². The number of rotatable bonds is 4. The topological polar surface area (TPSA) is 98.0 Å². The molecule has 3 atom stereocenters. The molecule has 0 aromatic carbocycles. The van der Waals surface area contributed by atoms with Gasteiger partial charge < -0.3 is 25.2 Å². The molecular weight excluding hydrogens is 267 g/mol.